The highest BCUT2D eigenvalue weighted by Crippen LogP contribution is 2.27. The summed E-state index contributed by atoms with van der Waals surface area (Å²) in [5.41, 5.74) is 1.37. The lowest BCUT2D eigenvalue weighted by Crippen LogP contribution is -2.32. The van der Waals surface area contributed by atoms with E-state index >= 15 is 0 Å². The number of thioether (sulfide) groups is 1. The first-order valence-electron chi connectivity index (χ1n) is 7.29. The van der Waals surface area contributed by atoms with Crippen molar-refractivity contribution in [3.8, 4) is 0 Å². The predicted octanol–water partition coefficient (Wildman–Crippen LogP) is 1.99. The van der Waals surface area contributed by atoms with Crippen LogP contribution in [0.15, 0.2) is 24.3 Å². The topological polar surface area (TPSA) is 61.9 Å². The molecule has 0 radical (unpaired) electrons. The summed E-state index contributed by atoms with van der Waals surface area (Å²) in [4.78, 5) is 27.3. The maximum absolute atomic E-state index is 12.6. The molecule has 3 rings (SSSR count). The van der Waals surface area contributed by atoms with Crippen LogP contribution in [0.3, 0.4) is 0 Å². The second-order valence-corrected chi connectivity index (χ2v) is 6.62. The molecule has 2 saturated heterocycles. The number of nitrogens with zero attached hydrogens (tertiary/aromatic N) is 2. The normalized spacial score (nSPS) is 20.9. The average molecular weight is 351 g/mol. The van der Waals surface area contributed by atoms with Gasteiger partial charge in [0, 0.05) is 5.69 Å². The van der Waals surface area contributed by atoms with Crippen LogP contribution in [0.4, 0.5) is 16.2 Å². The molecule has 0 aromatic heterocycles. The first-order valence-corrected chi connectivity index (χ1v) is 9.10. The van der Waals surface area contributed by atoms with Crippen LogP contribution < -0.4 is 15.1 Å². The zero-order valence-electron chi connectivity index (χ0n) is 12.7. The molecule has 1 aromatic carbocycles. The van der Waals surface area contributed by atoms with E-state index in [4.69, 9.17) is 17.0 Å². The molecule has 1 N–H and O–H groups in total. The van der Waals surface area contributed by atoms with Crippen LogP contribution in [0.1, 0.15) is 6.42 Å². The van der Waals surface area contributed by atoms with E-state index in [1.807, 2.05) is 18.4 Å². The summed E-state index contributed by atoms with van der Waals surface area (Å²) in [6.45, 7) is 0.887. The molecule has 0 saturated carbocycles. The minimum Gasteiger partial charge on any atom is -0.447 e. The van der Waals surface area contributed by atoms with Crippen LogP contribution >= 0.6 is 24.0 Å². The summed E-state index contributed by atoms with van der Waals surface area (Å²) in [5.74, 6) is 0.838. The fraction of sp³-hybridized carbons (Fsp3) is 0.400. The number of cyclic esters (lactones) is 1. The van der Waals surface area contributed by atoms with Crippen molar-refractivity contribution in [1.82, 2.24) is 5.32 Å². The summed E-state index contributed by atoms with van der Waals surface area (Å²) >= 11 is 7.01. The summed E-state index contributed by atoms with van der Waals surface area (Å²) in [7, 11) is 0. The predicted molar refractivity (Wildman–Crippen MR) is 95.1 cm³/mol. The van der Waals surface area contributed by atoms with E-state index in [2.05, 4.69) is 5.32 Å². The number of ether oxygens (including phenoxy) is 1. The van der Waals surface area contributed by atoms with Crippen molar-refractivity contribution in [2.45, 2.75) is 12.5 Å². The smallest absolute Gasteiger partial charge is 0.414 e. The van der Waals surface area contributed by atoms with Crippen molar-refractivity contribution in [3.63, 3.8) is 0 Å². The van der Waals surface area contributed by atoms with Gasteiger partial charge in [-0.1, -0.05) is 6.07 Å². The Morgan fingerprint density at radius 3 is 2.87 bits per heavy atom. The van der Waals surface area contributed by atoms with E-state index < -0.39 is 0 Å². The van der Waals surface area contributed by atoms with E-state index in [0.29, 0.717) is 29.6 Å². The van der Waals surface area contributed by atoms with Crippen molar-refractivity contribution in [1.29, 1.82) is 0 Å². The molecule has 2 amide bonds. The molecule has 2 aliphatic rings. The van der Waals surface area contributed by atoms with Crippen molar-refractivity contribution < 1.29 is 14.3 Å². The van der Waals surface area contributed by atoms with E-state index in [-0.39, 0.29) is 18.0 Å². The molecule has 1 atom stereocenters. The Kier molecular flexibility index (Phi) is 4.72. The first kappa shape index (κ1) is 16.1. The van der Waals surface area contributed by atoms with E-state index in [9.17, 15) is 9.59 Å². The van der Waals surface area contributed by atoms with Crippen molar-refractivity contribution in [2.75, 3.05) is 35.0 Å². The van der Waals surface area contributed by atoms with E-state index in [1.54, 1.807) is 28.8 Å². The molecule has 23 heavy (non-hydrogen) atoms. The monoisotopic (exact) mass is 351 g/mol. The molecule has 8 heteroatoms. The van der Waals surface area contributed by atoms with Gasteiger partial charge in [0.15, 0.2) is 5.11 Å². The number of carbonyl (C=O) groups is 2. The van der Waals surface area contributed by atoms with Gasteiger partial charge in [0.05, 0.1) is 12.2 Å². The maximum Gasteiger partial charge on any atom is 0.414 e. The number of rotatable bonds is 5. The molecule has 0 unspecified atom stereocenters. The van der Waals surface area contributed by atoms with Crippen LogP contribution in [0.25, 0.3) is 0 Å². The molecular formula is C15H17N3O3S2. The number of nitrogens with one attached hydrogen (secondary N) is 1. The molecule has 2 heterocycles. The van der Waals surface area contributed by atoms with Gasteiger partial charge in [-0.05, 0) is 48.8 Å². The molecular weight excluding hydrogens is 334 g/mol. The third kappa shape index (κ3) is 3.13. The highest BCUT2D eigenvalue weighted by molar-refractivity contribution is 7.98. The summed E-state index contributed by atoms with van der Waals surface area (Å²) in [6, 6.07) is 6.94. The molecule has 6 nitrogen and oxygen atoms in total. The van der Waals surface area contributed by atoms with Gasteiger partial charge in [-0.25, -0.2) is 4.79 Å². The summed E-state index contributed by atoms with van der Waals surface area (Å²) < 4.78 is 4.95. The van der Waals surface area contributed by atoms with Crippen LogP contribution in [0, 0.1) is 0 Å². The largest absolute Gasteiger partial charge is 0.447 e. The van der Waals surface area contributed by atoms with Crippen molar-refractivity contribution in [3.05, 3.63) is 24.3 Å². The molecule has 1 aromatic rings. The Morgan fingerprint density at radius 2 is 2.17 bits per heavy atom. The highest BCUT2D eigenvalue weighted by atomic mass is 32.2. The van der Waals surface area contributed by atoms with Gasteiger partial charge in [-0.2, -0.15) is 11.8 Å². The third-order valence-corrected chi connectivity index (χ3v) is 4.73. The fourth-order valence-corrected chi connectivity index (χ4v) is 3.44. The molecule has 2 fully saturated rings. The number of carbonyl (C=O) groups excluding carboxylic acids is 2. The Morgan fingerprint density at radius 1 is 1.39 bits per heavy atom. The number of anilines is 2. The first-order chi connectivity index (χ1) is 11.1. The van der Waals surface area contributed by atoms with E-state index in [0.717, 1.165) is 12.2 Å². The molecule has 0 spiro atoms. The van der Waals surface area contributed by atoms with Gasteiger partial charge in [0.1, 0.15) is 12.6 Å². The lowest BCUT2D eigenvalue weighted by atomic mass is 10.2. The number of amides is 2. The average Bonchev–Trinajstić information content (AvgIpc) is 3.09. The summed E-state index contributed by atoms with van der Waals surface area (Å²) in [5, 5.41) is 3.48. The van der Waals surface area contributed by atoms with Gasteiger partial charge < -0.3 is 10.1 Å². The second kappa shape index (κ2) is 6.76. The number of hydrogen-bond acceptors (Lipinski definition) is 5. The quantitative estimate of drug-likeness (QED) is 0.819. The third-order valence-electron chi connectivity index (χ3n) is 3.79. The molecule has 0 bridgehead atoms. The van der Waals surface area contributed by atoms with Gasteiger partial charge >= 0.3 is 6.09 Å². The Bertz CT molecular complexity index is 653. The van der Waals surface area contributed by atoms with Gasteiger partial charge in [0.2, 0.25) is 0 Å². The second-order valence-electron chi connectivity index (χ2n) is 5.24. The molecule has 122 valence electrons. The molecule has 0 aliphatic carbocycles. The minimum absolute atomic E-state index is 0.0507. The zero-order chi connectivity index (χ0) is 16.4. The van der Waals surface area contributed by atoms with Crippen LogP contribution in [0.5, 0.6) is 0 Å². The van der Waals surface area contributed by atoms with Crippen LogP contribution in [0.2, 0.25) is 0 Å². The van der Waals surface area contributed by atoms with Gasteiger partial charge in [0.25, 0.3) is 5.91 Å². The SMILES string of the molecule is CSCC[C@@H]1NC(=S)N(c2cccc(N3CCOC3=O)c2)C1=O. The standard InChI is InChI=1S/C15H17N3O3S2/c1-23-8-5-12-13(19)18(14(22)16-12)11-4-2-3-10(9-11)17-6-7-21-15(17)20/h2-4,9,12H,5-8H2,1H3,(H,16,22)/t12-/m0/s1. The minimum atomic E-state index is -0.367. The number of thiocarbonyl (C=S) groups is 1. The van der Waals surface area contributed by atoms with E-state index in [1.165, 1.54) is 4.90 Å². The van der Waals surface area contributed by atoms with Crippen molar-refractivity contribution in [2.24, 2.45) is 0 Å². The van der Waals surface area contributed by atoms with Gasteiger partial charge in [-0.15, -0.1) is 0 Å². The fourth-order valence-electron chi connectivity index (χ4n) is 2.64. The summed E-state index contributed by atoms with van der Waals surface area (Å²) in [6.07, 6.45) is 2.37. The Labute approximate surface area is 144 Å². The number of hydrogen-bond donors (Lipinski definition) is 1. The molecule has 2 aliphatic heterocycles. The Balaban J connectivity index is 1.82. The van der Waals surface area contributed by atoms with Crippen LogP contribution in [-0.2, 0) is 9.53 Å². The van der Waals surface area contributed by atoms with Gasteiger partial charge in [-0.3, -0.25) is 14.6 Å². The maximum atomic E-state index is 12.6. The Hall–Kier alpha value is -1.80. The zero-order valence-corrected chi connectivity index (χ0v) is 14.3. The lowest BCUT2D eigenvalue weighted by Gasteiger charge is -2.18. The number of benzene rings is 1. The highest BCUT2D eigenvalue weighted by Gasteiger charge is 2.36. The lowest BCUT2D eigenvalue weighted by molar-refractivity contribution is -0.118. The van der Waals surface area contributed by atoms with Crippen LogP contribution in [-0.4, -0.2) is 48.3 Å². The van der Waals surface area contributed by atoms with Crippen molar-refractivity contribution >= 4 is 52.5 Å².